The number of pyridine rings is 1. The summed E-state index contributed by atoms with van der Waals surface area (Å²) >= 11 is 5.20. The highest BCUT2D eigenvalue weighted by atomic mass is 32.1. The molecule has 1 N–H and O–H groups in total. The number of methoxy groups -OCH3 is 1. The molecule has 4 aromatic rings. The second-order valence-electron chi connectivity index (χ2n) is 6.12. The van der Waals surface area contributed by atoms with Crippen LogP contribution in [0.3, 0.4) is 0 Å². The van der Waals surface area contributed by atoms with Crippen molar-refractivity contribution in [3.63, 3.8) is 0 Å². The molecule has 0 saturated heterocycles. The smallest absolute Gasteiger partial charge is 0.267 e. The zero-order chi connectivity index (χ0) is 19.1. The number of aromatic nitrogens is 3. The second kappa shape index (κ2) is 6.44. The Morgan fingerprint density at radius 3 is 2.85 bits per heavy atom. The fourth-order valence-electron chi connectivity index (χ4n) is 2.90. The Morgan fingerprint density at radius 2 is 2.11 bits per heavy atom. The van der Waals surface area contributed by atoms with E-state index in [0.29, 0.717) is 38.7 Å². The van der Waals surface area contributed by atoms with E-state index in [1.807, 2.05) is 12.1 Å². The predicted octanol–water partition coefficient (Wildman–Crippen LogP) is 3.27. The summed E-state index contributed by atoms with van der Waals surface area (Å²) in [5.74, 6) is 0.653. The number of fused-ring (bicyclic) bond motifs is 4. The maximum Gasteiger partial charge on any atom is 0.267 e. The van der Waals surface area contributed by atoms with Gasteiger partial charge in [-0.1, -0.05) is 0 Å². The van der Waals surface area contributed by atoms with Gasteiger partial charge in [0.25, 0.3) is 5.56 Å². The highest BCUT2D eigenvalue weighted by Crippen LogP contribution is 2.35. The van der Waals surface area contributed by atoms with Gasteiger partial charge in [-0.05, 0) is 42.5 Å². The molecule has 0 spiro atoms. The highest BCUT2D eigenvalue weighted by molar-refractivity contribution is 7.80. The van der Waals surface area contributed by atoms with E-state index in [1.54, 1.807) is 54.9 Å². The average Bonchev–Trinajstić information content (AvgIpc) is 2.98. The Morgan fingerprint density at radius 1 is 1.30 bits per heavy atom. The molecule has 0 bridgehead atoms. The number of nitrogens with one attached hydrogen (secondary N) is 1. The summed E-state index contributed by atoms with van der Waals surface area (Å²) in [4.78, 5) is 22.2. The fourth-order valence-corrected chi connectivity index (χ4v) is 2.94. The van der Waals surface area contributed by atoms with Gasteiger partial charge in [0.15, 0.2) is 0 Å². The molecule has 0 saturated carbocycles. The lowest BCUT2D eigenvalue weighted by atomic mass is 10.2. The number of aromatic amines is 1. The summed E-state index contributed by atoms with van der Waals surface area (Å²) < 4.78 is 6.90. The van der Waals surface area contributed by atoms with Gasteiger partial charge >= 0.3 is 0 Å². The minimum atomic E-state index is -0.182. The van der Waals surface area contributed by atoms with Crippen LogP contribution in [0, 0.1) is 0 Å². The van der Waals surface area contributed by atoms with E-state index < -0.39 is 0 Å². The Kier molecular flexibility index (Phi) is 4.08. The van der Waals surface area contributed by atoms with Crippen LogP contribution in [0.15, 0.2) is 51.6 Å². The lowest BCUT2D eigenvalue weighted by molar-refractivity contribution is 0.415. The van der Waals surface area contributed by atoms with Crippen LogP contribution in [-0.4, -0.2) is 45.6 Å². The average molecular weight is 380 g/mol. The largest absolute Gasteiger partial charge is 0.497 e. The van der Waals surface area contributed by atoms with Crippen molar-refractivity contribution in [3.8, 4) is 5.75 Å². The zero-order valence-electron chi connectivity index (χ0n) is 14.9. The lowest BCUT2D eigenvalue weighted by Gasteiger charge is -2.06. The molecule has 0 atom stereocenters. The molecule has 0 aliphatic rings. The number of benzene rings is 1. The number of nitrogens with zero attached hydrogens (tertiary/aromatic N) is 5. The van der Waals surface area contributed by atoms with Crippen molar-refractivity contribution in [2.45, 2.75) is 0 Å². The molecule has 27 heavy (non-hydrogen) atoms. The number of azo groups is 1. The van der Waals surface area contributed by atoms with Gasteiger partial charge in [-0.15, -0.1) is 10.2 Å². The molecule has 3 aromatic heterocycles. The normalized spacial score (nSPS) is 11.7. The molecular formula is C18H16N6O2S. The third kappa shape index (κ3) is 2.72. The third-order valence-electron chi connectivity index (χ3n) is 4.24. The van der Waals surface area contributed by atoms with Gasteiger partial charge in [0.1, 0.15) is 22.7 Å². The standard InChI is InChI=1S/C18H16N6O2S/c1-23(2)18(27)22-21-14-12-9-10(26-3)6-7-13(12)24-16(14)20-15-11(17(24)25)5-4-8-19-15/h4-9H,1-3H3,(H,19,20). The molecule has 9 heteroatoms. The maximum absolute atomic E-state index is 13.1. The Bertz CT molecular complexity index is 1290. The SMILES string of the molecule is COc1ccc2c(c1)c(N=NC(=S)N(C)C)c1[nH]c3ncccc3c(=O)n12. The van der Waals surface area contributed by atoms with Crippen molar-refractivity contribution < 1.29 is 4.74 Å². The van der Waals surface area contributed by atoms with Gasteiger partial charge in [-0.25, -0.2) is 4.98 Å². The number of hydrogen-bond acceptors (Lipinski definition) is 5. The number of thiocarbonyl (C=S) groups is 1. The molecule has 0 radical (unpaired) electrons. The number of rotatable bonds is 2. The number of H-pyrrole nitrogens is 1. The summed E-state index contributed by atoms with van der Waals surface area (Å²) in [6.45, 7) is 0. The summed E-state index contributed by atoms with van der Waals surface area (Å²) in [7, 11) is 5.17. The van der Waals surface area contributed by atoms with E-state index in [9.17, 15) is 4.79 Å². The molecule has 4 rings (SSSR count). The van der Waals surface area contributed by atoms with Crippen molar-refractivity contribution in [1.29, 1.82) is 0 Å². The van der Waals surface area contributed by atoms with E-state index in [2.05, 4.69) is 20.2 Å². The zero-order valence-corrected chi connectivity index (χ0v) is 15.7. The van der Waals surface area contributed by atoms with E-state index >= 15 is 0 Å². The fraction of sp³-hybridized carbons (Fsp3) is 0.167. The molecule has 0 amide bonds. The van der Waals surface area contributed by atoms with Gasteiger partial charge in [-0.2, -0.15) is 0 Å². The molecule has 0 aliphatic heterocycles. The summed E-state index contributed by atoms with van der Waals surface area (Å²) in [6, 6.07) is 8.91. The Labute approximate surface area is 159 Å². The monoisotopic (exact) mass is 380 g/mol. The van der Waals surface area contributed by atoms with Crippen LogP contribution in [0.2, 0.25) is 0 Å². The number of hydrogen-bond donors (Lipinski definition) is 1. The molecule has 136 valence electrons. The third-order valence-corrected chi connectivity index (χ3v) is 4.69. The maximum atomic E-state index is 13.1. The van der Waals surface area contributed by atoms with Crippen molar-refractivity contribution in [2.75, 3.05) is 21.2 Å². The molecule has 0 unspecified atom stereocenters. The lowest BCUT2D eigenvalue weighted by Crippen LogP contribution is -2.16. The van der Waals surface area contributed by atoms with Crippen molar-refractivity contribution >= 4 is 50.6 Å². The van der Waals surface area contributed by atoms with Gasteiger partial charge in [0.05, 0.1) is 18.0 Å². The number of ether oxygens (including phenoxy) is 1. The first-order valence-corrected chi connectivity index (χ1v) is 8.54. The quantitative estimate of drug-likeness (QED) is 0.426. The van der Waals surface area contributed by atoms with Crippen LogP contribution < -0.4 is 10.3 Å². The van der Waals surface area contributed by atoms with Crippen LogP contribution >= 0.6 is 12.2 Å². The van der Waals surface area contributed by atoms with Gasteiger partial charge in [0.2, 0.25) is 5.11 Å². The molecule has 8 nitrogen and oxygen atoms in total. The molecule has 0 aliphatic carbocycles. The summed E-state index contributed by atoms with van der Waals surface area (Å²) in [6.07, 6.45) is 1.63. The molecular weight excluding hydrogens is 364 g/mol. The van der Waals surface area contributed by atoms with Crippen molar-refractivity contribution in [1.82, 2.24) is 19.3 Å². The Hall–Kier alpha value is -3.33. The molecule has 0 fully saturated rings. The van der Waals surface area contributed by atoms with E-state index in [1.165, 1.54) is 0 Å². The predicted molar refractivity (Wildman–Crippen MR) is 108 cm³/mol. The minimum Gasteiger partial charge on any atom is -0.497 e. The van der Waals surface area contributed by atoms with E-state index in [-0.39, 0.29) is 5.56 Å². The van der Waals surface area contributed by atoms with Crippen LogP contribution in [0.4, 0.5) is 5.69 Å². The van der Waals surface area contributed by atoms with Crippen molar-refractivity contribution in [2.24, 2.45) is 10.2 Å². The van der Waals surface area contributed by atoms with Crippen LogP contribution in [0.5, 0.6) is 5.75 Å². The first-order chi connectivity index (χ1) is 13.0. The van der Waals surface area contributed by atoms with Gasteiger partial charge in [-0.3, -0.25) is 9.20 Å². The van der Waals surface area contributed by atoms with Gasteiger partial charge in [0, 0.05) is 25.7 Å². The second-order valence-corrected chi connectivity index (χ2v) is 6.49. The summed E-state index contributed by atoms with van der Waals surface area (Å²) in [5.41, 5.74) is 2.00. The van der Waals surface area contributed by atoms with E-state index in [4.69, 9.17) is 17.0 Å². The first-order valence-electron chi connectivity index (χ1n) is 8.13. The molecule has 1 aromatic carbocycles. The highest BCUT2D eigenvalue weighted by Gasteiger charge is 2.17. The topological polar surface area (TPSA) is 87.3 Å². The molecule has 3 heterocycles. The van der Waals surface area contributed by atoms with Gasteiger partial charge < -0.3 is 14.6 Å². The van der Waals surface area contributed by atoms with Crippen LogP contribution in [-0.2, 0) is 0 Å². The van der Waals surface area contributed by atoms with E-state index in [0.717, 1.165) is 5.39 Å². The van der Waals surface area contributed by atoms with Crippen LogP contribution in [0.1, 0.15) is 0 Å². The first kappa shape index (κ1) is 17.1. The van der Waals surface area contributed by atoms with Crippen LogP contribution in [0.25, 0.3) is 27.6 Å². The summed E-state index contributed by atoms with van der Waals surface area (Å²) in [5, 5.41) is 9.99. The van der Waals surface area contributed by atoms with Crippen molar-refractivity contribution in [3.05, 3.63) is 46.9 Å². The Balaban J connectivity index is 2.14. The minimum absolute atomic E-state index is 0.182.